The summed E-state index contributed by atoms with van der Waals surface area (Å²) in [7, 11) is 0. The molecular weight excluding hydrogens is 568 g/mol. The van der Waals surface area contributed by atoms with Gasteiger partial charge in [0, 0.05) is 30.8 Å². The lowest BCUT2D eigenvalue weighted by molar-refractivity contribution is -0.138. The van der Waals surface area contributed by atoms with Gasteiger partial charge in [0.1, 0.15) is 12.6 Å². The molecular formula is C27H36N6O10. The van der Waals surface area contributed by atoms with E-state index in [9.17, 15) is 33.6 Å². The summed E-state index contributed by atoms with van der Waals surface area (Å²) in [6, 6.07) is 3.12. The third-order valence-electron chi connectivity index (χ3n) is 6.11. The van der Waals surface area contributed by atoms with Crippen LogP contribution in [0.25, 0.3) is 0 Å². The molecule has 0 aromatic heterocycles. The molecule has 0 aliphatic carbocycles. The Morgan fingerprint density at radius 2 is 1.72 bits per heavy atom. The summed E-state index contributed by atoms with van der Waals surface area (Å²) in [5.74, 6) is -2.53. The highest BCUT2D eigenvalue weighted by Crippen LogP contribution is 2.18. The Morgan fingerprint density at radius 3 is 2.37 bits per heavy atom. The fourth-order valence-corrected chi connectivity index (χ4v) is 3.92. The van der Waals surface area contributed by atoms with E-state index in [0.29, 0.717) is 24.1 Å². The summed E-state index contributed by atoms with van der Waals surface area (Å²) in [5, 5.41) is 18.9. The van der Waals surface area contributed by atoms with Crippen LogP contribution >= 0.6 is 0 Å². The van der Waals surface area contributed by atoms with Gasteiger partial charge in [-0.25, -0.2) is 9.59 Å². The fraction of sp³-hybridized carbons (Fsp3) is 0.444. The van der Waals surface area contributed by atoms with E-state index < -0.39 is 54.3 Å². The molecule has 16 nitrogen and oxygen atoms in total. The second kappa shape index (κ2) is 17.7. The van der Waals surface area contributed by atoms with Crippen LogP contribution in [0.1, 0.15) is 37.3 Å². The molecule has 0 radical (unpaired) electrons. The Labute approximate surface area is 247 Å². The highest BCUT2D eigenvalue weighted by atomic mass is 16.7. The largest absolute Gasteiger partial charge is 0.506 e. The summed E-state index contributed by atoms with van der Waals surface area (Å²) in [6.45, 7) is 1.56. The lowest BCUT2D eigenvalue weighted by atomic mass is 10.0. The van der Waals surface area contributed by atoms with Gasteiger partial charge in [0.2, 0.25) is 17.7 Å². The lowest BCUT2D eigenvalue weighted by Gasteiger charge is -2.19. The van der Waals surface area contributed by atoms with Crippen LogP contribution < -0.4 is 27.0 Å². The van der Waals surface area contributed by atoms with Gasteiger partial charge < -0.3 is 41.6 Å². The van der Waals surface area contributed by atoms with E-state index in [1.165, 1.54) is 0 Å². The number of carbonyl (C=O) groups excluding carboxylic acids is 6. The van der Waals surface area contributed by atoms with Gasteiger partial charge in [-0.3, -0.25) is 28.9 Å². The standard InChI is InChI=1S/C27H36N6O10/c1-2-17-14-19(6-5-18(17)16-43-27(40)41)31-25(38)20(4-3-10-29-26(28)39)32-22(35)15-30-21(34)9-12-42-13-11-33-23(36)7-8-24(33)37/h5-8,14,20H,2-4,9-13,15-16H2,1H3,(H,30,34)(H,31,38)(H,32,35)(H,40,41)(H3,28,29,39)/t20-/m0/s1. The number of nitrogens with zero attached hydrogens (tertiary/aromatic N) is 1. The number of carboxylic acid groups (broad SMARTS) is 1. The number of carbonyl (C=O) groups is 7. The molecule has 1 aliphatic heterocycles. The number of ether oxygens (including phenoxy) is 2. The maximum atomic E-state index is 13.1. The van der Waals surface area contributed by atoms with Gasteiger partial charge in [-0.05, 0) is 42.5 Å². The van der Waals surface area contributed by atoms with Crippen LogP contribution in [0.15, 0.2) is 30.4 Å². The number of nitrogens with one attached hydrogen (secondary N) is 4. The average molecular weight is 605 g/mol. The van der Waals surface area contributed by atoms with Crippen LogP contribution in [0.3, 0.4) is 0 Å². The number of nitrogens with two attached hydrogens (primary N) is 1. The Kier molecular flexibility index (Phi) is 14.1. The number of hydrogen-bond donors (Lipinski definition) is 6. The summed E-state index contributed by atoms with van der Waals surface area (Å²) in [4.78, 5) is 83.4. The maximum absolute atomic E-state index is 13.1. The van der Waals surface area contributed by atoms with Crippen molar-refractivity contribution in [3.05, 3.63) is 41.5 Å². The Balaban J connectivity index is 1.85. The Morgan fingerprint density at radius 1 is 1.00 bits per heavy atom. The average Bonchev–Trinajstić information content (AvgIpc) is 3.28. The van der Waals surface area contributed by atoms with Gasteiger partial charge in [0.25, 0.3) is 11.8 Å². The Bertz CT molecular complexity index is 1220. The number of hydrogen-bond acceptors (Lipinski definition) is 9. The number of benzene rings is 1. The van der Waals surface area contributed by atoms with Gasteiger partial charge in [0.15, 0.2) is 0 Å². The molecule has 2 rings (SSSR count). The predicted molar refractivity (Wildman–Crippen MR) is 150 cm³/mol. The van der Waals surface area contributed by atoms with Crippen molar-refractivity contribution in [2.24, 2.45) is 5.73 Å². The first-order valence-electron chi connectivity index (χ1n) is 13.5. The molecule has 43 heavy (non-hydrogen) atoms. The van der Waals surface area contributed by atoms with Crippen molar-refractivity contribution in [2.75, 3.05) is 38.2 Å². The molecule has 0 saturated heterocycles. The second-order valence-corrected chi connectivity index (χ2v) is 9.23. The zero-order chi connectivity index (χ0) is 31.8. The summed E-state index contributed by atoms with van der Waals surface area (Å²) < 4.78 is 9.91. The van der Waals surface area contributed by atoms with Crippen molar-refractivity contribution < 1.29 is 48.1 Å². The fourth-order valence-electron chi connectivity index (χ4n) is 3.92. The van der Waals surface area contributed by atoms with Crippen molar-refractivity contribution >= 4 is 47.4 Å². The van der Waals surface area contributed by atoms with Crippen molar-refractivity contribution in [3.63, 3.8) is 0 Å². The van der Waals surface area contributed by atoms with E-state index in [1.54, 1.807) is 18.2 Å². The Hall–Kier alpha value is -4.99. The highest BCUT2D eigenvalue weighted by molar-refractivity contribution is 6.12. The van der Waals surface area contributed by atoms with Gasteiger partial charge in [-0.15, -0.1) is 0 Å². The van der Waals surface area contributed by atoms with Gasteiger partial charge >= 0.3 is 12.2 Å². The number of amides is 7. The minimum Gasteiger partial charge on any atom is -0.450 e. The molecule has 1 aromatic rings. The van der Waals surface area contributed by atoms with Gasteiger partial charge in [0.05, 0.1) is 26.3 Å². The molecule has 0 spiro atoms. The molecule has 7 amide bonds. The molecule has 234 valence electrons. The van der Waals surface area contributed by atoms with Crippen LogP contribution in [0.4, 0.5) is 15.3 Å². The predicted octanol–water partition coefficient (Wildman–Crippen LogP) is -0.237. The van der Waals surface area contributed by atoms with E-state index >= 15 is 0 Å². The van der Waals surface area contributed by atoms with Crippen LogP contribution in [-0.2, 0) is 46.5 Å². The summed E-state index contributed by atoms with van der Waals surface area (Å²) in [6.07, 6.45) is 1.83. The molecule has 1 atom stereocenters. The van der Waals surface area contributed by atoms with E-state index in [0.717, 1.165) is 22.6 Å². The van der Waals surface area contributed by atoms with Crippen LogP contribution in [0.5, 0.6) is 0 Å². The minimum atomic E-state index is -1.41. The van der Waals surface area contributed by atoms with Crippen molar-refractivity contribution in [1.82, 2.24) is 20.9 Å². The van der Waals surface area contributed by atoms with E-state index in [-0.39, 0.29) is 45.8 Å². The molecule has 0 unspecified atom stereocenters. The molecule has 1 aliphatic rings. The van der Waals surface area contributed by atoms with Crippen LogP contribution in [-0.4, -0.2) is 90.6 Å². The molecule has 0 fully saturated rings. The number of anilines is 1. The normalized spacial score (nSPS) is 12.9. The molecule has 7 N–H and O–H groups in total. The first-order valence-corrected chi connectivity index (χ1v) is 13.5. The quantitative estimate of drug-likeness (QED) is 0.0731. The topological polar surface area (TPSA) is 236 Å². The molecule has 16 heteroatoms. The van der Waals surface area contributed by atoms with Crippen molar-refractivity contribution in [2.45, 2.75) is 45.3 Å². The van der Waals surface area contributed by atoms with E-state index in [1.807, 2.05) is 6.92 Å². The highest BCUT2D eigenvalue weighted by Gasteiger charge is 2.23. The number of primary amides is 1. The van der Waals surface area contributed by atoms with Crippen molar-refractivity contribution in [1.29, 1.82) is 0 Å². The SMILES string of the molecule is CCc1cc(NC(=O)[C@H](CCCNC(N)=O)NC(=O)CNC(=O)CCOCCN2C(=O)C=CC2=O)ccc1COC(=O)O. The first kappa shape index (κ1) is 34.2. The number of imide groups is 1. The molecule has 0 bridgehead atoms. The number of rotatable bonds is 18. The third kappa shape index (κ3) is 12.6. The molecule has 1 aromatic carbocycles. The van der Waals surface area contributed by atoms with Crippen LogP contribution in [0, 0.1) is 0 Å². The second-order valence-electron chi connectivity index (χ2n) is 9.23. The van der Waals surface area contributed by atoms with E-state index in [4.69, 9.17) is 15.6 Å². The van der Waals surface area contributed by atoms with Gasteiger partial charge in [-0.2, -0.15) is 0 Å². The molecule has 0 saturated carbocycles. The smallest absolute Gasteiger partial charge is 0.450 e. The monoisotopic (exact) mass is 604 g/mol. The minimum absolute atomic E-state index is 0.00400. The molecule has 1 heterocycles. The summed E-state index contributed by atoms with van der Waals surface area (Å²) in [5.41, 5.74) is 6.88. The number of urea groups is 1. The third-order valence-corrected chi connectivity index (χ3v) is 6.11. The zero-order valence-corrected chi connectivity index (χ0v) is 23.7. The number of aryl methyl sites for hydroxylation is 1. The van der Waals surface area contributed by atoms with E-state index in [2.05, 4.69) is 26.0 Å². The lowest BCUT2D eigenvalue weighted by Crippen LogP contribution is -2.47. The van der Waals surface area contributed by atoms with Crippen molar-refractivity contribution in [3.8, 4) is 0 Å². The first-order chi connectivity index (χ1) is 20.5. The maximum Gasteiger partial charge on any atom is 0.506 e. The zero-order valence-electron chi connectivity index (χ0n) is 23.7. The summed E-state index contributed by atoms with van der Waals surface area (Å²) >= 11 is 0. The van der Waals surface area contributed by atoms with Crippen LogP contribution in [0.2, 0.25) is 0 Å². The van der Waals surface area contributed by atoms with Gasteiger partial charge in [-0.1, -0.05) is 13.0 Å².